The van der Waals surface area contributed by atoms with Crippen molar-refractivity contribution in [3.8, 4) is 0 Å². The number of nitro groups is 1. The van der Waals surface area contributed by atoms with Crippen LogP contribution in [0.25, 0.3) is 0 Å². The topological polar surface area (TPSA) is 46.1 Å². The second-order valence-corrected chi connectivity index (χ2v) is 5.40. The highest BCUT2D eigenvalue weighted by atomic mass is 35.5. The van der Waals surface area contributed by atoms with E-state index in [2.05, 4.69) is 0 Å². The molecule has 20 heavy (non-hydrogen) atoms. The summed E-state index contributed by atoms with van der Waals surface area (Å²) in [6, 6.07) is 12.2. The van der Waals surface area contributed by atoms with Crippen LogP contribution in [0, 0.1) is 10.1 Å². The van der Waals surface area contributed by atoms with Crippen LogP contribution in [0.4, 0.5) is 11.4 Å². The molecule has 2 aromatic carbocycles. The van der Waals surface area contributed by atoms with Crippen molar-refractivity contribution >= 4 is 34.6 Å². The molecule has 0 amide bonds. The number of benzene rings is 2. The fraction of sp³-hybridized carbons (Fsp3) is 0.143. The molecule has 2 aromatic rings. The summed E-state index contributed by atoms with van der Waals surface area (Å²) >= 11 is 11.9. The SMILES string of the molecule is O=[N+]([O-])c1ccccc1C1CN1c1ccc(Cl)c(Cl)c1. The Morgan fingerprint density at radius 1 is 1.15 bits per heavy atom. The van der Waals surface area contributed by atoms with Crippen LogP contribution >= 0.6 is 23.2 Å². The molecule has 1 aliphatic heterocycles. The number of nitrogens with zero attached hydrogens (tertiary/aromatic N) is 2. The van der Waals surface area contributed by atoms with E-state index in [1.165, 1.54) is 6.07 Å². The minimum absolute atomic E-state index is 0.0221. The molecule has 1 heterocycles. The van der Waals surface area contributed by atoms with E-state index in [0.29, 0.717) is 10.0 Å². The van der Waals surface area contributed by atoms with Crippen LogP contribution in [0.1, 0.15) is 11.6 Å². The zero-order valence-corrected chi connectivity index (χ0v) is 11.8. The van der Waals surface area contributed by atoms with Gasteiger partial charge in [-0.25, -0.2) is 0 Å². The summed E-state index contributed by atoms with van der Waals surface area (Å²) in [6.07, 6.45) is 0. The summed E-state index contributed by atoms with van der Waals surface area (Å²) in [5.74, 6) is 0. The number of halogens is 2. The summed E-state index contributed by atoms with van der Waals surface area (Å²) in [6.45, 7) is 0.739. The molecular formula is C14H10Cl2N2O2. The van der Waals surface area contributed by atoms with Crippen LogP contribution in [0.3, 0.4) is 0 Å². The van der Waals surface area contributed by atoms with Gasteiger partial charge in [0.1, 0.15) is 0 Å². The van der Waals surface area contributed by atoms with Crippen molar-refractivity contribution in [2.24, 2.45) is 0 Å². The fourth-order valence-electron chi connectivity index (χ4n) is 2.29. The first-order chi connectivity index (χ1) is 9.58. The lowest BCUT2D eigenvalue weighted by atomic mass is 10.1. The molecule has 1 saturated heterocycles. The molecule has 6 heteroatoms. The molecule has 0 aromatic heterocycles. The number of hydrogen-bond acceptors (Lipinski definition) is 3. The third kappa shape index (κ3) is 2.32. The number of nitro benzene ring substituents is 1. The van der Waals surface area contributed by atoms with E-state index in [-0.39, 0.29) is 16.7 Å². The highest BCUT2D eigenvalue weighted by Crippen LogP contribution is 2.44. The Kier molecular flexibility index (Phi) is 3.28. The van der Waals surface area contributed by atoms with Gasteiger partial charge in [-0.15, -0.1) is 0 Å². The monoisotopic (exact) mass is 308 g/mol. The molecule has 3 rings (SSSR count). The largest absolute Gasteiger partial charge is 0.360 e. The number of anilines is 1. The Morgan fingerprint density at radius 3 is 2.60 bits per heavy atom. The molecule has 1 aliphatic rings. The highest BCUT2D eigenvalue weighted by molar-refractivity contribution is 6.42. The van der Waals surface area contributed by atoms with E-state index in [1.54, 1.807) is 24.3 Å². The second-order valence-electron chi connectivity index (χ2n) is 4.58. The molecule has 0 bridgehead atoms. The molecule has 0 radical (unpaired) electrons. The average molecular weight is 309 g/mol. The molecule has 1 atom stereocenters. The molecule has 1 fully saturated rings. The molecule has 0 aliphatic carbocycles. The van der Waals surface area contributed by atoms with Crippen LogP contribution in [0.5, 0.6) is 0 Å². The fourth-order valence-corrected chi connectivity index (χ4v) is 2.58. The van der Waals surface area contributed by atoms with Crippen LogP contribution in [0.15, 0.2) is 42.5 Å². The van der Waals surface area contributed by atoms with Gasteiger partial charge in [-0.3, -0.25) is 10.1 Å². The van der Waals surface area contributed by atoms with Crippen LogP contribution < -0.4 is 4.90 Å². The van der Waals surface area contributed by atoms with Gasteiger partial charge in [0, 0.05) is 18.3 Å². The standard InChI is InChI=1S/C14H10Cl2N2O2/c15-11-6-5-9(7-12(11)16)17-8-14(17)10-3-1-2-4-13(10)18(19)20/h1-7,14H,8H2. The first-order valence-electron chi connectivity index (χ1n) is 6.03. The molecular weight excluding hydrogens is 299 g/mol. The lowest BCUT2D eigenvalue weighted by Crippen LogP contribution is -1.98. The summed E-state index contributed by atoms with van der Waals surface area (Å²) in [4.78, 5) is 12.7. The highest BCUT2D eigenvalue weighted by Gasteiger charge is 2.39. The first kappa shape index (κ1) is 13.2. The maximum atomic E-state index is 11.0. The molecule has 4 nitrogen and oxygen atoms in total. The van der Waals surface area contributed by atoms with Crippen molar-refractivity contribution in [1.82, 2.24) is 0 Å². The van der Waals surface area contributed by atoms with E-state index in [1.807, 2.05) is 17.0 Å². The third-order valence-corrected chi connectivity index (χ3v) is 4.08. The Hall–Kier alpha value is -1.78. The van der Waals surface area contributed by atoms with Gasteiger partial charge in [-0.2, -0.15) is 0 Å². The Labute approximate surface area is 125 Å². The molecule has 1 unspecified atom stereocenters. The van der Waals surface area contributed by atoms with Gasteiger partial charge in [-0.05, 0) is 18.2 Å². The maximum Gasteiger partial charge on any atom is 0.274 e. The van der Waals surface area contributed by atoms with Gasteiger partial charge in [0.05, 0.1) is 26.6 Å². The molecule has 102 valence electrons. The minimum atomic E-state index is -0.347. The number of rotatable bonds is 3. The first-order valence-corrected chi connectivity index (χ1v) is 6.78. The van der Waals surface area contributed by atoms with Crippen molar-refractivity contribution in [2.75, 3.05) is 11.4 Å². The predicted octanol–water partition coefficient (Wildman–Crippen LogP) is 4.46. The van der Waals surface area contributed by atoms with E-state index in [0.717, 1.165) is 17.8 Å². The van der Waals surface area contributed by atoms with Crippen molar-refractivity contribution in [3.05, 3.63) is 68.2 Å². The maximum absolute atomic E-state index is 11.0. The van der Waals surface area contributed by atoms with E-state index < -0.39 is 0 Å². The molecule has 0 saturated carbocycles. The number of hydrogen-bond donors (Lipinski definition) is 0. The van der Waals surface area contributed by atoms with Gasteiger partial charge >= 0.3 is 0 Å². The third-order valence-electron chi connectivity index (χ3n) is 3.34. The summed E-state index contributed by atoms with van der Waals surface area (Å²) < 4.78 is 0. The lowest BCUT2D eigenvalue weighted by Gasteiger charge is -2.07. The summed E-state index contributed by atoms with van der Waals surface area (Å²) in [5, 5.41) is 12.0. The van der Waals surface area contributed by atoms with Gasteiger partial charge in [0.15, 0.2) is 0 Å². The molecule has 0 spiro atoms. The van der Waals surface area contributed by atoms with Crippen molar-refractivity contribution in [3.63, 3.8) is 0 Å². The minimum Gasteiger partial charge on any atom is -0.360 e. The second kappa shape index (κ2) is 4.96. The van der Waals surface area contributed by atoms with Crippen molar-refractivity contribution in [2.45, 2.75) is 6.04 Å². The summed E-state index contributed by atoms with van der Waals surface area (Å²) in [5.41, 5.74) is 1.80. The zero-order chi connectivity index (χ0) is 14.3. The smallest absolute Gasteiger partial charge is 0.274 e. The number of para-hydroxylation sites is 1. The van der Waals surface area contributed by atoms with Crippen LogP contribution in [-0.2, 0) is 0 Å². The van der Waals surface area contributed by atoms with Crippen LogP contribution in [-0.4, -0.2) is 11.5 Å². The van der Waals surface area contributed by atoms with Crippen LogP contribution in [0.2, 0.25) is 10.0 Å². The van der Waals surface area contributed by atoms with E-state index >= 15 is 0 Å². The summed E-state index contributed by atoms with van der Waals surface area (Å²) in [7, 11) is 0. The van der Waals surface area contributed by atoms with Gasteiger partial charge < -0.3 is 4.90 Å². The Bertz CT molecular complexity index is 691. The quantitative estimate of drug-likeness (QED) is 0.477. The lowest BCUT2D eigenvalue weighted by molar-refractivity contribution is -0.385. The normalized spacial score (nSPS) is 17.1. The van der Waals surface area contributed by atoms with Crippen molar-refractivity contribution in [1.29, 1.82) is 0 Å². The van der Waals surface area contributed by atoms with Gasteiger partial charge in [0.25, 0.3) is 5.69 Å². The average Bonchev–Trinajstić information content (AvgIpc) is 3.22. The Balaban J connectivity index is 1.89. The van der Waals surface area contributed by atoms with E-state index in [4.69, 9.17) is 23.2 Å². The predicted molar refractivity (Wildman–Crippen MR) is 79.6 cm³/mol. The molecule has 0 N–H and O–H groups in total. The van der Waals surface area contributed by atoms with E-state index in [9.17, 15) is 10.1 Å². The Morgan fingerprint density at radius 2 is 1.90 bits per heavy atom. The zero-order valence-electron chi connectivity index (χ0n) is 10.3. The van der Waals surface area contributed by atoms with Gasteiger partial charge in [-0.1, -0.05) is 41.4 Å². The van der Waals surface area contributed by atoms with Crippen molar-refractivity contribution < 1.29 is 4.92 Å². The van der Waals surface area contributed by atoms with Gasteiger partial charge in [0.2, 0.25) is 0 Å².